The van der Waals surface area contributed by atoms with Crippen molar-refractivity contribution in [2.24, 2.45) is 0 Å². The summed E-state index contributed by atoms with van der Waals surface area (Å²) >= 11 is 2.47. The lowest BCUT2D eigenvalue weighted by atomic mass is 9.96. The average Bonchev–Trinajstić information content (AvgIpc) is 3.22. The largest absolute Gasteiger partial charge is 0.360 e. The number of anilines is 2. The minimum absolute atomic E-state index is 0.162. The standard InChI is InChI=1S/C15H20N6O3S2/c1-9-7-11(21-24-9)17-12(22)8-25-15-20-19-14(26-15)18-13(23)16-10-5-3-2-4-6-10/h7,10H,2-6,8H2,1H3,(H,17,21,22)(H2,16,18,19,23). The second-order valence-electron chi connectivity index (χ2n) is 5.97. The summed E-state index contributed by atoms with van der Waals surface area (Å²) < 4.78 is 5.49. The lowest BCUT2D eigenvalue weighted by molar-refractivity contribution is -0.113. The van der Waals surface area contributed by atoms with Crippen LogP contribution < -0.4 is 16.0 Å². The van der Waals surface area contributed by atoms with Gasteiger partial charge in [0.05, 0.1) is 5.75 Å². The molecule has 3 rings (SSSR count). The Morgan fingerprint density at radius 3 is 2.81 bits per heavy atom. The molecule has 0 radical (unpaired) electrons. The number of amides is 3. The first-order valence-corrected chi connectivity index (χ1v) is 10.2. The molecular formula is C15H20N6O3S2. The Hall–Kier alpha value is -2.14. The number of aromatic nitrogens is 3. The molecule has 0 saturated heterocycles. The van der Waals surface area contributed by atoms with Gasteiger partial charge in [0.2, 0.25) is 11.0 Å². The summed E-state index contributed by atoms with van der Waals surface area (Å²) in [5, 5.41) is 20.3. The highest BCUT2D eigenvalue weighted by atomic mass is 32.2. The smallest absolute Gasteiger partial charge is 0.321 e. The van der Waals surface area contributed by atoms with Crippen molar-refractivity contribution in [1.29, 1.82) is 0 Å². The number of aryl methyl sites for hydroxylation is 1. The molecule has 9 nitrogen and oxygen atoms in total. The van der Waals surface area contributed by atoms with Gasteiger partial charge in [0.1, 0.15) is 5.76 Å². The Morgan fingerprint density at radius 2 is 2.08 bits per heavy atom. The van der Waals surface area contributed by atoms with E-state index in [0.29, 0.717) is 21.0 Å². The highest BCUT2D eigenvalue weighted by Gasteiger charge is 2.17. The predicted octanol–water partition coefficient (Wildman–Crippen LogP) is 3.02. The molecule has 0 aromatic carbocycles. The van der Waals surface area contributed by atoms with Gasteiger partial charge in [-0.15, -0.1) is 10.2 Å². The molecule has 0 bridgehead atoms. The minimum atomic E-state index is -0.260. The second-order valence-corrected chi connectivity index (χ2v) is 8.17. The topological polar surface area (TPSA) is 122 Å². The van der Waals surface area contributed by atoms with E-state index < -0.39 is 0 Å². The number of nitrogens with zero attached hydrogens (tertiary/aromatic N) is 3. The Labute approximate surface area is 158 Å². The van der Waals surface area contributed by atoms with Gasteiger partial charge in [-0.2, -0.15) is 0 Å². The first-order valence-electron chi connectivity index (χ1n) is 8.35. The first-order chi connectivity index (χ1) is 12.6. The van der Waals surface area contributed by atoms with Crippen LogP contribution in [-0.2, 0) is 4.79 Å². The fourth-order valence-corrected chi connectivity index (χ4v) is 4.16. The van der Waals surface area contributed by atoms with Crippen LogP contribution in [0.3, 0.4) is 0 Å². The van der Waals surface area contributed by atoms with E-state index in [0.717, 1.165) is 25.7 Å². The number of nitrogens with one attached hydrogen (secondary N) is 3. The fourth-order valence-electron chi connectivity index (χ4n) is 2.62. The van der Waals surface area contributed by atoms with E-state index in [1.807, 2.05) is 0 Å². The van der Waals surface area contributed by atoms with Gasteiger partial charge >= 0.3 is 6.03 Å². The van der Waals surface area contributed by atoms with Crippen LogP contribution in [0.5, 0.6) is 0 Å². The molecule has 0 aliphatic heterocycles. The van der Waals surface area contributed by atoms with Gasteiger partial charge in [0.15, 0.2) is 10.2 Å². The minimum Gasteiger partial charge on any atom is -0.360 e. The quantitative estimate of drug-likeness (QED) is 0.507. The van der Waals surface area contributed by atoms with Crippen LogP contribution in [-0.4, -0.2) is 39.1 Å². The van der Waals surface area contributed by atoms with E-state index in [4.69, 9.17) is 4.52 Å². The fraction of sp³-hybridized carbons (Fsp3) is 0.533. The third-order valence-corrected chi connectivity index (χ3v) is 5.76. The maximum absolute atomic E-state index is 12.0. The SMILES string of the molecule is Cc1cc(NC(=O)CSc2nnc(NC(=O)NC3CCCCC3)s2)no1. The van der Waals surface area contributed by atoms with Crippen molar-refractivity contribution in [1.82, 2.24) is 20.7 Å². The van der Waals surface area contributed by atoms with Gasteiger partial charge in [0.25, 0.3) is 0 Å². The Bertz CT molecular complexity index is 756. The molecule has 26 heavy (non-hydrogen) atoms. The molecule has 1 aliphatic rings. The van der Waals surface area contributed by atoms with Gasteiger partial charge in [-0.05, 0) is 19.8 Å². The summed E-state index contributed by atoms with van der Waals surface area (Å²) in [4.78, 5) is 23.9. The number of carbonyl (C=O) groups is 2. The van der Waals surface area contributed by atoms with Crippen LogP contribution in [0, 0.1) is 6.92 Å². The van der Waals surface area contributed by atoms with Crippen molar-refractivity contribution in [3.8, 4) is 0 Å². The van der Waals surface area contributed by atoms with Crippen LogP contribution in [0.25, 0.3) is 0 Å². The summed E-state index contributed by atoms with van der Waals surface area (Å²) in [5.74, 6) is 0.948. The molecule has 1 fully saturated rings. The summed E-state index contributed by atoms with van der Waals surface area (Å²) in [5.41, 5.74) is 0. The van der Waals surface area contributed by atoms with Crippen LogP contribution in [0.4, 0.5) is 15.7 Å². The third-order valence-electron chi connectivity index (χ3n) is 3.79. The van der Waals surface area contributed by atoms with Crippen molar-refractivity contribution in [2.75, 3.05) is 16.4 Å². The molecule has 0 unspecified atom stereocenters. The number of carbonyl (C=O) groups excluding carboxylic acids is 2. The molecule has 3 amide bonds. The monoisotopic (exact) mass is 396 g/mol. The van der Waals surface area contributed by atoms with E-state index in [1.165, 1.54) is 29.5 Å². The number of hydrogen-bond acceptors (Lipinski definition) is 8. The zero-order valence-corrected chi connectivity index (χ0v) is 15.9. The number of rotatable bonds is 6. The normalized spacial score (nSPS) is 14.8. The maximum Gasteiger partial charge on any atom is 0.321 e. The van der Waals surface area contributed by atoms with Gasteiger partial charge in [-0.3, -0.25) is 10.1 Å². The molecule has 140 valence electrons. The van der Waals surface area contributed by atoms with Gasteiger partial charge < -0.3 is 15.2 Å². The Morgan fingerprint density at radius 1 is 1.27 bits per heavy atom. The zero-order chi connectivity index (χ0) is 18.4. The number of thioether (sulfide) groups is 1. The molecule has 1 saturated carbocycles. The lowest BCUT2D eigenvalue weighted by Crippen LogP contribution is -2.38. The highest BCUT2D eigenvalue weighted by molar-refractivity contribution is 8.01. The van der Waals surface area contributed by atoms with Crippen molar-refractivity contribution in [3.05, 3.63) is 11.8 Å². The predicted molar refractivity (Wildman–Crippen MR) is 99.5 cm³/mol. The van der Waals surface area contributed by atoms with E-state index in [-0.39, 0.29) is 23.7 Å². The number of urea groups is 1. The first kappa shape index (κ1) is 18.6. The molecule has 2 aromatic rings. The van der Waals surface area contributed by atoms with Gasteiger partial charge in [-0.25, -0.2) is 4.79 Å². The van der Waals surface area contributed by atoms with Crippen LogP contribution in [0.15, 0.2) is 14.9 Å². The van der Waals surface area contributed by atoms with Crippen LogP contribution in [0.1, 0.15) is 37.9 Å². The van der Waals surface area contributed by atoms with Crippen molar-refractivity contribution >= 4 is 46.0 Å². The van der Waals surface area contributed by atoms with E-state index in [9.17, 15) is 9.59 Å². The lowest BCUT2D eigenvalue weighted by Gasteiger charge is -2.22. The maximum atomic E-state index is 12.0. The van der Waals surface area contributed by atoms with Gasteiger partial charge in [0, 0.05) is 12.1 Å². The molecule has 3 N–H and O–H groups in total. The number of hydrogen-bond donors (Lipinski definition) is 3. The van der Waals surface area contributed by atoms with Crippen molar-refractivity contribution in [3.63, 3.8) is 0 Å². The molecule has 0 atom stereocenters. The second kappa shape index (κ2) is 8.99. The third kappa shape index (κ3) is 5.70. The van der Waals surface area contributed by atoms with E-state index in [2.05, 4.69) is 31.3 Å². The highest BCUT2D eigenvalue weighted by Crippen LogP contribution is 2.25. The van der Waals surface area contributed by atoms with Gasteiger partial charge in [-0.1, -0.05) is 47.5 Å². The zero-order valence-electron chi connectivity index (χ0n) is 14.3. The molecule has 2 aromatic heterocycles. The van der Waals surface area contributed by atoms with Crippen LogP contribution >= 0.6 is 23.1 Å². The van der Waals surface area contributed by atoms with E-state index >= 15 is 0 Å². The summed E-state index contributed by atoms with van der Waals surface area (Å²) in [6, 6.07) is 1.61. The molecule has 0 spiro atoms. The van der Waals surface area contributed by atoms with E-state index in [1.54, 1.807) is 13.0 Å². The van der Waals surface area contributed by atoms with Crippen molar-refractivity contribution < 1.29 is 14.1 Å². The molecular weight excluding hydrogens is 376 g/mol. The summed E-state index contributed by atoms with van der Waals surface area (Å²) in [6.45, 7) is 1.75. The van der Waals surface area contributed by atoms with Crippen LogP contribution in [0.2, 0.25) is 0 Å². The molecule has 11 heteroatoms. The summed E-state index contributed by atoms with van der Waals surface area (Å²) in [7, 11) is 0. The Balaban J connectivity index is 1.41. The molecule has 1 aliphatic carbocycles. The molecule has 2 heterocycles. The van der Waals surface area contributed by atoms with Crippen molar-refractivity contribution in [2.45, 2.75) is 49.4 Å². The average molecular weight is 396 g/mol. The Kier molecular flexibility index (Phi) is 6.45. The summed E-state index contributed by atoms with van der Waals surface area (Å²) in [6.07, 6.45) is 5.58.